The number of rotatable bonds is 4. The number of benzene rings is 3. The first kappa shape index (κ1) is 19.2. The van der Waals surface area contributed by atoms with Gasteiger partial charge >= 0.3 is 11.8 Å². The molecule has 0 unspecified atom stereocenters. The van der Waals surface area contributed by atoms with Crippen LogP contribution in [-0.4, -0.2) is 18.4 Å². The Morgan fingerprint density at radius 3 is 2.00 bits per heavy atom. The van der Waals surface area contributed by atoms with Gasteiger partial charge < -0.3 is 10.6 Å². The summed E-state index contributed by atoms with van der Waals surface area (Å²) in [5.74, 6) is -1.21. The van der Waals surface area contributed by atoms with Crippen molar-refractivity contribution in [3.05, 3.63) is 84.4 Å². The third-order valence-electron chi connectivity index (χ3n) is 4.43. The molecule has 5 nitrogen and oxygen atoms in total. The molecule has 3 rings (SSSR count). The van der Waals surface area contributed by atoms with Gasteiger partial charge in [0.05, 0.1) is 0 Å². The van der Waals surface area contributed by atoms with Crippen LogP contribution in [0.1, 0.15) is 12.5 Å². The number of hydrogen-bond acceptors (Lipinski definition) is 3. The number of aryl methyl sites for hydroxylation is 1. The third kappa shape index (κ3) is 4.04. The molecule has 0 aliphatic heterocycles. The fraction of sp³-hybridized carbons (Fsp3) is 0.130. The number of nitrogens with zero attached hydrogens (tertiary/aromatic N) is 2. The largest absolute Gasteiger partial charge is 0.399 e. The first-order chi connectivity index (χ1) is 13.5. The minimum atomic E-state index is -0.626. The van der Waals surface area contributed by atoms with E-state index in [9.17, 15) is 9.59 Å². The molecule has 0 aromatic heterocycles. The van der Waals surface area contributed by atoms with Crippen LogP contribution in [0, 0.1) is 6.92 Å². The monoisotopic (exact) mass is 373 g/mol. The number of amides is 2. The molecule has 0 spiro atoms. The number of nitrogen functional groups attached to an aromatic ring is 1. The molecule has 0 fully saturated rings. The van der Waals surface area contributed by atoms with Gasteiger partial charge in [-0.05, 0) is 67.9 Å². The SMILES string of the molecule is CCN(C(=O)C(=O)N(c1ccccc1)c1ccc(N)cc1)c1cccc(C)c1. The fourth-order valence-corrected chi connectivity index (χ4v) is 3.03. The van der Waals surface area contributed by atoms with E-state index in [1.165, 1.54) is 9.80 Å². The maximum atomic E-state index is 13.3. The molecular formula is C23H23N3O2. The molecule has 0 bridgehead atoms. The molecule has 0 heterocycles. The highest BCUT2D eigenvalue weighted by molar-refractivity contribution is 6.46. The molecule has 142 valence electrons. The van der Waals surface area contributed by atoms with Crippen molar-refractivity contribution in [2.24, 2.45) is 0 Å². The topological polar surface area (TPSA) is 66.6 Å². The number of nitrogens with two attached hydrogens (primary N) is 1. The zero-order valence-electron chi connectivity index (χ0n) is 16.0. The summed E-state index contributed by atoms with van der Waals surface area (Å²) in [4.78, 5) is 29.3. The van der Waals surface area contributed by atoms with Crippen LogP contribution in [0.15, 0.2) is 78.9 Å². The Morgan fingerprint density at radius 2 is 1.39 bits per heavy atom. The zero-order chi connectivity index (χ0) is 20.1. The van der Waals surface area contributed by atoms with E-state index < -0.39 is 11.8 Å². The Balaban J connectivity index is 2.00. The van der Waals surface area contributed by atoms with Gasteiger partial charge in [-0.25, -0.2) is 0 Å². The summed E-state index contributed by atoms with van der Waals surface area (Å²) in [6, 6.07) is 23.5. The van der Waals surface area contributed by atoms with Crippen LogP contribution in [-0.2, 0) is 9.59 Å². The highest BCUT2D eigenvalue weighted by Gasteiger charge is 2.29. The van der Waals surface area contributed by atoms with E-state index in [0.29, 0.717) is 29.3 Å². The first-order valence-corrected chi connectivity index (χ1v) is 9.14. The molecule has 3 aromatic carbocycles. The van der Waals surface area contributed by atoms with Gasteiger partial charge in [0, 0.05) is 29.3 Å². The average Bonchev–Trinajstić information content (AvgIpc) is 2.71. The fourth-order valence-electron chi connectivity index (χ4n) is 3.03. The quantitative estimate of drug-likeness (QED) is 0.548. The van der Waals surface area contributed by atoms with E-state index in [1.807, 2.05) is 56.3 Å². The predicted octanol–water partition coefficient (Wildman–Crippen LogP) is 4.30. The summed E-state index contributed by atoms with van der Waals surface area (Å²) >= 11 is 0. The number of anilines is 4. The Kier molecular flexibility index (Phi) is 5.75. The summed E-state index contributed by atoms with van der Waals surface area (Å²) < 4.78 is 0. The second-order valence-corrected chi connectivity index (χ2v) is 6.46. The lowest BCUT2D eigenvalue weighted by atomic mass is 10.2. The van der Waals surface area contributed by atoms with Gasteiger partial charge in [0.25, 0.3) is 0 Å². The molecule has 28 heavy (non-hydrogen) atoms. The van der Waals surface area contributed by atoms with E-state index >= 15 is 0 Å². The Bertz CT molecular complexity index is 969. The molecule has 2 N–H and O–H groups in total. The Morgan fingerprint density at radius 1 is 0.786 bits per heavy atom. The van der Waals surface area contributed by atoms with Gasteiger partial charge in [-0.1, -0.05) is 30.3 Å². The van der Waals surface area contributed by atoms with Crippen LogP contribution in [0.4, 0.5) is 22.7 Å². The number of likely N-dealkylation sites (N-methyl/N-ethyl adjacent to an activating group) is 1. The summed E-state index contributed by atoms with van der Waals surface area (Å²) in [5, 5.41) is 0. The lowest BCUT2D eigenvalue weighted by molar-refractivity contribution is -0.135. The van der Waals surface area contributed by atoms with Crippen LogP contribution in [0.3, 0.4) is 0 Å². The molecule has 5 heteroatoms. The Hall–Kier alpha value is -3.60. The van der Waals surface area contributed by atoms with Gasteiger partial charge in [-0.3, -0.25) is 14.5 Å². The van der Waals surface area contributed by atoms with Crippen molar-refractivity contribution in [1.29, 1.82) is 0 Å². The van der Waals surface area contributed by atoms with Crippen molar-refractivity contribution < 1.29 is 9.59 Å². The van der Waals surface area contributed by atoms with Crippen LogP contribution in [0.2, 0.25) is 0 Å². The molecule has 0 aliphatic carbocycles. The van der Waals surface area contributed by atoms with Crippen molar-refractivity contribution in [2.45, 2.75) is 13.8 Å². The first-order valence-electron chi connectivity index (χ1n) is 9.14. The molecule has 0 saturated carbocycles. The van der Waals surface area contributed by atoms with Crippen molar-refractivity contribution >= 4 is 34.6 Å². The van der Waals surface area contributed by atoms with E-state index in [0.717, 1.165) is 5.56 Å². The van der Waals surface area contributed by atoms with Crippen molar-refractivity contribution in [3.8, 4) is 0 Å². The number of hydrogen-bond donors (Lipinski definition) is 1. The standard InChI is InChI=1S/C23H23N3O2/c1-3-25(21-11-7-8-17(2)16-21)22(27)23(28)26(19-9-5-4-6-10-19)20-14-12-18(24)13-15-20/h4-16H,3,24H2,1-2H3. The summed E-state index contributed by atoms with van der Waals surface area (Å²) in [7, 11) is 0. The van der Waals surface area contributed by atoms with E-state index in [-0.39, 0.29) is 0 Å². The Labute approximate surface area is 165 Å². The van der Waals surface area contributed by atoms with Crippen molar-refractivity contribution in [3.63, 3.8) is 0 Å². The average molecular weight is 373 g/mol. The van der Waals surface area contributed by atoms with Crippen LogP contribution >= 0.6 is 0 Å². The van der Waals surface area contributed by atoms with Gasteiger partial charge in [-0.2, -0.15) is 0 Å². The molecule has 3 aromatic rings. The number of carbonyl (C=O) groups is 2. The van der Waals surface area contributed by atoms with Gasteiger partial charge in [0.15, 0.2) is 0 Å². The second kappa shape index (κ2) is 8.39. The number of para-hydroxylation sites is 1. The van der Waals surface area contributed by atoms with Gasteiger partial charge in [0.2, 0.25) is 0 Å². The smallest absolute Gasteiger partial charge is 0.321 e. The second-order valence-electron chi connectivity index (χ2n) is 6.46. The minimum Gasteiger partial charge on any atom is -0.399 e. The summed E-state index contributed by atoms with van der Waals surface area (Å²) in [6.45, 7) is 4.19. The van der Waals surface area contributed by atoms with Crippen molar-refractivity contribution in [1.82, 2.24) is 0 Å². The molecular weight excluding hydrogens is 350 g/mol. The molecule has 2 amide bonds. The normalized spacial score (nSPS) is 10.4. The highest BCUT2D eigenvalue weighted by atomic mass is 16.2. The lowest BCUT2D eigenvalue weighted by Gasteiger charge is -2.27. The van der Waals surface area contributed by atoms with Gasteiger partial charge in [-0.15, -0.1) is 0 Å². The highest BCUT2D eigenvalue weighted by Crippen LogP contribution is 2.27. The predicted molar refractivity (Wildman–Crippen MR) is 114 cm³/mol. The zero-order valence-corrected chi connectivity index (χ0v) is 16.0. The summed E-state index contributed by atoms with van der Waals surface area (Å²) in [6.07, 6.45) is 0. The molecule has 0 aliphatic rings. The molecule has 0 saturated heterocycles. The van der Waals surface area contributed by atoms with E-state index in [1.54, 1.807) is 36.4 Å². The summed E-state index contributed by atoms with van der Waals surface area (Å²) in [5.41, 5.74) is 9.29. The molecule has 0 atom stereocenters. The molecule has 0 radical (unpaired) electrons. The van der Waals surface area contributed by atoms with Crippen LogP contribution in [0.5, 0.6) is 0 Å². The lowest BCUT2D eigenvalue weighted by Crippen LogP contribution is -2.43. The maximum Gasteiger partial charge on any atom is 0.321 e. The van der Waals surface area contributed by atoms with Crippen molar-refractivity contribution in [2.75, 3.05) is 22.1 Å². The van der Waals surface area contributed by atoms with E-state index in [4.69, 9.17) is 5.73 Å². The van der Waals surface area contributed by atoms with Gasteiger partial charge in [0.1, 0.15) is 0 Å². The number of carbonyl (C=O) groups excluding carboxylic acids is 2. The maximum absolute atomic E-state index is 13.3. The third-order valence-corrected chi connectivity index (χ3v) is 4.43. The van der Waals surface area contributed by atoms with E-state index in [2.05, 4.69) is 0 Å². The minimum absolute atomic E-state index is 0.387. The van der Waals surface area contributed by atoms with Crippen LogP contribution < -0.4 is 15.5 Å². The van der Waals surface area contributed by atoms with Crippen LogP contribution in [0.25, 0.3) is 0 Å².